The lowest BCUT2D eigenvalue weighted by Crippen LogP contribution is -2.29. The average molecular weight is 338 g/mol. The van der Waals surface area contributed by atoms with E-state index in [9.17, 15) is 12.8 Å². The van der Waals surface area contributed by atoms with Gasteiger partial charge in [-0.05, 0) is 40.0 Å². The van der Waals surface area contributed by atoms with Crippen molar-refractivity contribution in [2.24, 2.45) is 5.92 Å². The van der Waals surface area contributed by atoms with E-state index >= 15 is 0 Å². The van der Waals surface area contributed by atoms with Crippen LogP contribution >= 0.6 is 15.9 Å². The smallest absolute Gasteiger partial charge is 0.211 e. The molecular formula is C12H17BrFNO2S. The number of benzene rings is 1. The number of nitrogens with one attached hydrogen (secondary N) is 1. The fraction of sp³-hybridized carbons (Fsp3) is 0.500. The summed E-state index contributed by atoms with van der Waals surface area (Å²) in [6.07, 6.45) is 1.82. The molecule has 1 N–H and O–H groups in total. The Labute approximate surface area is 116 Å². The third-order valence-corrected chi connectivity index (χ3v) is 4.98. The van der Waals surface area contributed by atoms with Crippen molar-refractivity contribution in [1.82, 2.24) is 4.72 Å². The third-order valence-electron chi connectivity index (χ3n) is 2.92. The van der Waals surface area contributed by atoms with Crippen LogP contribution in [0.2, 0.25) is 0 Å². The zero-order chi connectivity index (χ0) is 13.8. The van der Waals surface area contributed by atoms with Crippen molar-refractivity contribution >= 4 is 26.0 Å². The Balaban J connectivity index is 2.83. The van der Waals surface area contributed by atoms with E-state index in [4.69, 9.17) is 0 Å². The standard InChI is InChI=1S/C12H17BrFNO2S/c1-3-9(4-2)8-15-18(16,17)10-5-6-11(13)12(14)7-10/h5-7,9,15H,3-4,8H2,1-2H3. The molecule has 1 aromatic rings. The van der Waals surface area contributed by atoms with E-state index in [1.165, 1.54) is 12.1 Å². The summed E-state index contributed by atoms with van der Waals surface area (Å²) in [6, 6.07) is 3.78. The van der Waals surface area contributed by atoms with Gasteiger partial charge in [0, 0.05) is 6.54 Å². The number of hydrogen-bond donors (Lipinski definition) is 1. The van der Waals surface area contributed by atoms with E-state index < -0.39 is 15.8 Å². The molecule has 0 saturated carbocycles. The summed E-state index contributed by atoms with van der Waals surface area (Å²) < 4.78 is 39.9. The lowest BCUT2D eigenvalue weighted by Gasteiger charge is -2.13. The van der Waals surface area contributed by atoms with Gasteiger partial charge >= 0.3 is 0 Å². The number of halogens is 2. The molecule has 0 saturated heterocycles. The molecule has 0 unspecified atom stereocenters. The first-order valence-corrected chi connectivity index (χ1v) is 8.13. The maximum absolute atomic E-state index is 13.3. The van der Waals surface area contributed by atoms with Crippen molar-refractivity contribution in [2.75, 3.05) is 6.54 Å². The highest BCUT2D eigenvalue weighted by molar-refractivity contribution is 9.10. The predicted molar refractivity (Wildman–Crippen MR) is 73.4 cm³/mol. The van der Waals surface area contributed by atoms with Crippen LogP contribution < -0.4 is 4.72 Å². The second-order valence-corrected chi connectivity index (χ2v) is 6.73. The van der Waals surface area contributed by atoms with Crippen LogP contribution in [0.15, 0.2) is 27.6 Å². The van der Waals surface area contributed by atoms with E-state index in [2.05, 4.69) is 20.7 Å². The molecule has 6 heteroatoms. The topological polar surface area (TPSA) is 46.2 Å². The highest BCUT2D eigenvalue weighted by Crippen LogP contribution is 2.19. The molecular weight excluding hydrogens is 321 g/mol. The lowest BCUT2D eigenvalue weighted by atomic mass is 10.0. The largest absolute Gasteiger partial charge is 0.240 e. The molecule has 0 amide bonds. The van der Waals surface area contributed by atoms with Gasteiger partial charge in [-0.25, -0.2) is 17.5 Å². The maximum Gasteiger partial charge on any atom is 0.240 e. The van der Waals surface area contributed by atoms with Crippen molar-refractivity contribution in [1.29, 1.82) is 0 Å². The van der Waals surface area contributed by atoms with Crippen LogP contribution in [0, 0.1) is 11.7 Å². The quantitative estimate of drug-likeness (QED) is 0.865. The highest BCUT2D eigenvalue weighted by Gasteiger charge is 2.17. The van der Waals surface area contributed by atoms with E-state index in [-0.39, 0.29) is 9.37 Å². The monoisotopic (exact) mass is 337 g/mol. The summed E-state index contributed by atoms with van der Waals surface area (Å²) in [5.74, 6) is -0.277. The molecule has 0 aliphatic rings. The van der Waals surface area contributed by atoms with Gasteiger partial charge < -0.3 is 0 Å². The second-order valence-electron chi connectivity index (χ2n) is 4.11. The molecule has 102 valence electrons. The van der Waals surface area contributed by atoms with Crippen LogP contribution in [0.1, 0.15) is 26.7 Å². The van der Waals surface area contributed by atoms with Gasteiger partial charge in [0.15, 0.2) is 0 Å². The van der Waals surface area contributed by atoms with Gasteiger partial charge in [-0.2, -0.15) is 0 Å². The Hall–Kier alpha value is -0.460. The molecule has 0 atom stereocenters. The van der Waals surface area contributed by atoms with Crippen molar-refractivity contribution in [3.8, 4) is 0 Å². The molecule has 3 nitrogen and oxygen atoms in total. The fourth-order valence-electron chi connectivity index (χ4n) is 1.53. The molecule has 0 fully saturated rings. The average Bonchev–Trinajstić information content (AvgIpc) is 2.33. The maximum atomic E-state index is 13.3. The summed E-state index contributed by atoms with van der Waals surface area (Å²) >= 11 is 2.99. The van der Waals surface area contributed by atoms with Crippen LogP contribution in [-0.4, -0.2) is 15.0 Å². The Morgan fingerprint density at radius 2 is 1.94 bits per heavy atom. The van der Waals surface area contributed by atoms with E-state index in [0.717, 1.165) is 18.9 Å². The minimum Gasteiger partial charge on any atom is -0.211 e. The SMILES string of the molecule is CCC(CC)CNS(=O)(=O)c1ccc(Br)c(F)c1. The van der Waals surface area contributed by atoms with Crippen molar-refractivity contribution < 1.29 is 12.8 Å². The van der Waals surface area contributed by atoms with Crippen molar-refractivity contribution in [2.45, 2.75) is 31.6 Å². The van der Waals surface area contributed by atoms with Gasteiger partial charge in [0.25, 0.3) is 0 Å². The molecule has 1 rings (SSSR count). The van der Waals surface area contributed by atoms with Gasteiger partial charge in [-0.1, -0.05) is 26.7 Å². The Morgan fingerprint density at radius 3 is 2.44 bits per heavy atom. The molecule has 0 aliphatic heterocycles. The summed E-state index contributed by atoms with van der Waals surface area (Å²) in [5, 5.41) is 0. The zero-order valence-corrected chi connectivity index (χ0v) is 12.8. The first-order valence-electron chi connectivity index (χ1n) is 5.85. The Kier molecular flexibility index (Phi) is 5.75. The highest BCUT2D eigenvalue weighted by atomic mass is 79.9. The van der Waals surface area contributed by atoms with Crippen LogP contribution in [0.5, 0.6) is 0 Å². The van der Waals surface area contributed by atoms with Crippen LogP contribution in [0.3, 0.4) is 0 Å². The first-order chi connectivity index (χ1) is 8.40. The van der Waals surface area contributed by atoms with Gasteiger partial charge in [-0.3, -0.25) is 0 Å². The Bertz CT molecular complexity index is 501. The molecule has 0 aliphatic carbocycles. The molecule has 0 bridgehead atoms. The minimum absolute atomic E-state index is 0.0471. The van der Waals surface area contributed by atoms with Crippen LogP contribution in [-0.2, 0) is 10.0 Å². The third kappa shape index (κ3) is 4.03. The van der Waals surface area contributed by atoms with Gasteiger partial charge in [0.2, 0.25) is 10.0 Å². The zero-order valence-electron chi connectivity index (χ0n) is 10.4. The minimum atomic E-state index is -3.63. The number of hydrogen-bond acceptors (Lipinski definition) is 2. The number of sulfonamides is 1. The van der Waals surface area contributed by atoms with E-state index in [1.54, 1.807) is 0 Å². The molecule has 0 aromatic heterocycles. The van der Waals surface area contributed by atoms with Crippen LogP contribution in [0.25, 0.3) is 0 Å². The van der Waals surface area contributed by atoms with E-state index in [1.807, 2.05) is 13.8 Å². The fourth-order valence-corrected chi connectivity index (χ4v) is 2.91. The van der Waals surface area contributed by atoms with E-state index in [0.29, 0.717) is 12.5 Å². The van der Waals surface area contributed by atoms with Crippen molar-refractivity contribution in [3.63, 3.8) is 0 Å². The molecule has 0 heterocycles. The lowest BCUT2D eigenvalue weighted by molar-refractivity contribution is 0.478. The van der Waals surface area contributed by atoms with Crippen molar-refractivity contribution in [3.05, 3.63) is 28.5 Å². The van der Waals surface area contributed by atoms with Crippen LogP contribution in [0.4, 0.5) is 4.39 Å². The normalized spacial score (nSPS) is 12.1. The molecule has 0 radical (unpaired) electrons. The summed E-state index contributed by atoms with van der Waals surface area (Å²) in [5.41, 5.74) is 0. The predicted octanol–water partition coefficient (Wildman–Crippen LogP) is 3.30. The first kappa shape index (κ1) is 15.6. The van der Waals surface area contributed by atoms with Gasteiger partial charge in [0.05, 0.1) is 9.37 Å². The van der Waals surface area contributed by atoms with Gasteiger partial charge in [0.1, 0.15) is 5.82 Å². The summed E-state index contributed by atoms with van der Waals surface area (Å²) in [4.78, 5) is -0.0471. The molecule has 18 heavy (non-hydrogen) atoms. The number of rotatable bonds is 6. The second kappa shape index (κ2) is 6.63. The molecule has 1 aromatic carbocycles. The Morgan fingerprint density at radius 1 is 1.33 bits per heavy atom. The summed E-state index contributed by atoms with van der Waals surface area (Å²) in [6.45, 7) is 4.41. The molecule has 0 spiro atoms. The summed E-state index contributed by atoms with van der Waals surface area (Å²) in [7, 11) is -3.63. The van der Waals surface area contributed by atoms with Gasteiger partial charge in [-0.15, -0.1) is 0 Å².